The van der Waals surface area contributed by atoms with Crippen LogP contribution in [-0.2, 0) is 13.2 Å². The molecule has 1 fully saturated rings. The second kappa shape index (κ2) is 7.04. The molecular weight excluding hydrogens is 236 g/mol. The third-order valence-corrected chi connectivity index (χ3v) is 3.95. The SMILES string of the molecule is CN1CCCC(CN(C)Cc2ccc(CO)cc2)C1. The van der Waals surface area contributed by atoms with Crippen molar-refractivity contribution in [3.05, 3.63) is 35.4 Å². The molecular formula is C16H26N2O. The van der Waals surface area contributed by atoms with Crippen molar-refractivity contribution in [2.75, 3.05) is 33.7 Å². The Bertz CT molecular complexity index is 377. The first-order chi connectivity index (χ1) is 9.17. The minimum absolute atomic E-state index is 0.129. The molecule has 1 atom stereocenters. The van der Waals surface area contributed by atoms with Gasteiger partial charge in [-0.15, -0.1) is 0 Å². The molecule has 0 radical (unpaired) electrons. The molecule has 0 amide bonds. The summed E-state index contributed by atoms with van der Waals surface area (Å²) in [5.74, 6) is 0.806. The minimum atomic E-state index is 0.129. The van der Waals surface area contributed by atoms with E-state index in [4.69, 9.17) is 5.11 Å². The number of likely N-dealkylation sites (tertiary alicyclic amines) is 1. The molecule has 1 unspecified atom stereocenters. The zero-order valence-electron chi connectivity index (χ0n) is 12.2. The first-order valence-electron chi connectivity index (χ1n) is 7.23. The quantitative estimate of drug-likeness (QED) is 0.878. The molecule has 1 aliphatic heterocycles. The monoisotopic (exact) mass is 262 g/mol. The maximum absolute atomic E-state index is 9.04. The Morgan fingerprint density at radius 2 is 1.95 bits per heavy atom. The van der Waals surface area contributed by atoms with Gasteiger partial charge < -0.3 is 14.9 Å². The van der Waals surface area contributed by atoms with Crippen LogP contribution in [0.5, 0.6) is 0 Å². The molecule has 0 saturated carbocycles. The van der Waals surface area contributed by atoms with Gasteiger partial charge in [-0.05, 0) is 50.5 Å². The van der Waals surface area contributed by atoms with Crippen LogP contribution in [0.2, 0.25) is 0 Å². The van der Waals surface area contributed by atoms with E-state index >= 15 is 0 Å². The number of hydrogen-bond acceptors (Lipinski definition) is 3. The van der Waals surface area contributed by atoms with Gasteiger partial charge in [-0.3, -0.25) is 0 Å². The largest absolute Gasteiger partial charge is 0.392 e. The topological polar surface area (TPSA) is 26.7 Å². The standard InChI is InChI=1S/C16H26N2O/c1-17-9-3-4-16(11-17)12-18(2)10-14-5-7-15(13-19)8-6-14/h5-8,16,19H,3-4,9-13H2,1-2H3. The fourth-order valence-corrected chi connectivity index (χ4v) is 2.99. The van der Waals surface area contributed by atoms with Gasteiger partial charge in [-0.2, -0.15) is 0 Å². The number of aliphatic hydroxyl groups excluding tert-OH is 1. The summed E-state index contributed by atoms with van der Waals surface area (Å²) >= 11 is 0. The average molecular weight is 262 g/mol. The highest BCUT2D eigenvalue weighted by Gasteiger charge is 2.18. The van der Waals surface area contributed by atoms with E-state index in [9.17, 15) is 0 Å². The lowest BCUT2D eigenvalue weighted by atomic mass is 9.98. The van der Waals surface area contributed by atoms with Crippen molar-refractivity contribution >= 4 is 0 Å². The van der Waals surface area contributed by atoms with E-state index in [0.717, 1.165) is 18.0 Å². The van der Waals surface area contributed by atoms with E-state index in [-0.39, 0.29) is 6.61 Å². The number of piperidine rings is 1. The molecule has 0 aromatic heterocycles. The number of benzene rings is 1. The van der Waals surface area contributed by atoms with Crippen molar-refractivity contribution in [3.8, 4) is 0 Å². The van der Waals surface area contributed by atoms with Crippen molar-refractivity contribution in [2.24, 2.45) is 5.92 Å². The smallest absolute Gasteiger partial charge is 0.0681 e. The summed E-state index contributed by atoms with van der Waals surface area (Å²) in [6.45, 7) is 4.78. The van der Waals surface area contributed by atoms with Gasteiger partial charge in [0.15, 0.2) is 0 Å². The summed E-state index contributed by atoms with van der Waals surface area (Å²) in [5.41, 5.74) is 2.31. The molecule has 1 aromatic rings. The van der Waals surface area contributed by atoms with Crippen LogP contribution in [0.15, 0.2) is 24.3 Å². The Kier molecular flexibility index (Phi) is 5.37. The van der Waals surface area contributed by atoms with E-state index in [2.05, 4.69) is 36.0 Å². The fraction of sp³-hybridized carbons (Fsp3) is 0.625. The van der Waals surface area contributed by atoms with E-state index in [1.807, 2.05) is 12.1 Å². The molecule has 3 nitrogen and oxygen atoms in total. The lowest BCUT2D eigenvalue weighted by molar-refractivity contribution is 0.163. The number of aliphatic hydroxyl groups is 1. The highest BCUT2D eigenvalue weighted by Crippen LogP contribution is 2.17. The molecule has 1 saturated heterocycles. The van der Waals surface area contributed by atoms with Crippen LogP contribution in [0.25, 0.3) is 0 Å². The highest BCUT2D eigenvalue weighted by molar-refractivity contribution is 5.21. The van der Waals surface area contributed by atoms with Crippen LogP contribution in [0.4, 0.5) is 0 Å². The van der Waals surface area contributed by atoms with Gasteiger partial charge >= 0.3 is 0 Å². The molecule has 106 valence electrons. The first kappa shape index (κ1) is 14.5. The molecule has 0 bridgehead atoms. The molecule has 1 aliphatic rings. The number of rotatable bonds is 5. The van der Waals surface area contributed by atoms with Crippen molar-refractivity contribution in [1.82, 2.24) is 9.80 Å². The summed E-state index contributed by atoms with van der Waals surface area (Å²) in [6, 6.07) is 8.26. The van der Waals surface area contributed by atoms with E-state index in [1.165, 1.54) is 38.0 Å². The van der Waals surface area contributed by atoms with Crippen LogP contribution in [0, 0.1) is 5.92 Å². The van der Waals surface area contributed by atoms with Crippen LogP contribution in [-0.4, -0.2) is 48.6 Å². The maximum Gasteiger partial charge on any atom is 0.0681 e. The molecule has 3 heteroatoms. The lowest BCUT2D eigenvalue weighted by Crippen LogP contribution is -2.37. The van der Waals surface area contributed by atoms with Crippen LogP contribution < -0.4 is 0 Å². The number of hydrogen-bond donors (Lipinski definition) is 1. The van der Waals surface area contributed by atoms with Gasteiger partial charge in [0.2, 0.25) is 0 Å². The molecule has 2 rings (SSSR count). The van der Waals surface area contributed by atoms with Crippen LogP contribution in [0.1, 0.15) is 24.0 Å². The van der Waals surface area contributed by atoms with Crippen molar-refractivity contribution in [2.45, 2.75) is 26.0 Å². The summed E-state index contributed by atoms with van der Waals surface area (Å²) in [4.78, 5) is 4.86. The van der Waals surface area contributed by atoms with Gasteiger partial charge in [0, 0.05) is 19.6 Å². The Labute approximate surface area is 116 Å². The summed E-state index contributed by atoms with van der Waals surface area (Å²) in [6.07, 6.45) is 2.69. The summed E-state index contributed by atoms with van der Waals surface area (Å²) < 4.78 is 0. The Morgan fingerprint density at radius 1 is 1.26 bits per heavy atom. The van der Waals surface area contributed by atoms with E-state index in [0.29, 0.717) is 0 Å². The van der Waals surface area contributed by atoms with Gasteiger partial charge in [-0.25, -0.2) is 0 Å². The highest BCUT2D eigenvalue weighted by atomic mass is 16.3. The first-order valence-corrected chi connectivity index (χ1v) is 7.23. The molecule has 0 spiro atoms. The molecule has 1 N–H and O–H groups in total. The Morgan fingerprint density at radius 3 is 2.58 bits per heavy atom. The van der Waals surface area contributed by atoms with E-state index < -0.39 is 0 Å². The second-order valence-corrected chi connectivity index (χ2v) is 5.94. The third kappa shape index (κ3) is 4.60. The zero-order valence-corrected chi connectivity index (χ0v) is 12.2. The van der Waals surface area contributed by atoms with Gasteiger partial charge in [-0.1, -0.05) is 24.3 Å². The third-order valence-electron chi connectivity index (χ3n) is 3.95. The fourth-order valence-electron chi connectivity index (χ4n) is 2.99. The van der Waals surface area contributed by atoms with Gasteiger partial charge in [0.1, 0.15) is 0 Å². The average Bonchev–Trinajstić information content (AvgIpc) is 2.39. The summed E-state index contributed by atoms with van der Waals surface area (Å²) in [5, 5.41) is 9.04. The number of nitrogens with zero attached hydrogens (tertiary/aromatic N) is 2. The van der Waals surface area contributed by atoms with Crippen molar-refractivity contribution in [1.29, 1.82) is 0 Å². The van der Waals surface area contributed by atoms with Crippen molar-refractivity contribution in [3.63, 3.8) is 0 Å². The zero-order chi connectivity index (χ0) is 13.7. The summed E-state index contributed by atoms with van der Waals surface area (Å²) in [7, 11) is 4.42. The minimum Gasteiger partial charge on any atom is -0.392 e. The van der Waals surface area contributed by atoms with E-state index in [1.54, 1.807) is 0 Å². The lowest BCUT2D eigenvalue weighted by Gasteiger charge is -2.32. The Hall–Kier alpha value is -0.900. The predicted molar refractivity (Wildman–Crippen MR) is 78.9 cm³/mol. The van der Waals surface area contributed by atoms with Crippen LogP contribution >= 0.6 is 0 Å². The molecule has 1 aromatic carbocycles. The van der Waals surface area contributed by atoms with Crippen molar-refractivity contribution < 1.29 is 5.11 Å². The van der Waals surface area contributed by atoms with Gasteiger partial charge in [0.25, 0.3) is 0 Å². The van der Waals surface area contributed by atoms with Gasteiger partial charge in [0.05, 0.1) is 6.61 Å². The normalized spacial score (nSPS) is 20.9. The van der Waals surface area contributed by atoms with Crippen LogP contribution in [0.3, 0.4) is 0 Å². The molecule has 1 heterocycles. The predicted octanol–water partition coefficient (Wildman–Crippen LogP) is 1.95. The molecule has 19 heavy (non-hydrogen) atoms. The Balaban J connectivity index is 1.81. The second-order valence-electron chi connectivity index (χ2n) is 5.94. The maximum atomic E-state index is 9.04. The molecule has 0 aliphatic carbocycles.